The number of nitrogens with one attached hydrogen (secondary N) is 2. The predicted molar refractivity (Wildman–Crippen MR) is 143 cm³/mol. The minimum absolute atomic E-state index is 0.106. The zero-order chi connectivity index (χ0) is 25.6. The molecule has 0 spiro atoms. The summed E-state index contributed by atoms with van der Waals surface area (Å²) in [7, 11) is -3.62. The molecule has 0 aliphatic rings. The maximum absolute atomic E-state index is 12.8. The van der Waals surface area contributed by atoms with Gasteiger partial charge in [0.25, 0.3) is 0 Å². The molecule has 1 aromatic heterocycles. The average Bonchev–Trinajstić information content (AvgIpc) is 2.77. The molecule has 0 saturated heterocycles. The number of hydrogen-bond donors (Lipinski definition) is 2. The maximum atomic E-state index is 12.8. The molecule has 0 saturated carbocycles. The lowest BCUT2D eigenvalue weighted by atomic mass is 10.0. The number of thiocarbonyl (C=S) groups is 1. The van der Waals surface area contributed by atoms with Gasteiger partial charge in [0.15, 0.2) is 14.9 Å². The number of aromatic nitrogens is 2. The highest BCUT2D eigenvalue weighted by Crippen LogP contribution is 2.18. The van der Waals surface area contributed by atoms with Crippen LogP contribution in [0.4, 0.5) is 5.69 Å². The van der Waals surface area contributed by atoms with Crippen LogP contribution < -0.4 is 10.6 Å². The molecule has 3 aromatic rings. The van der Waals surface area contributed by atoms with Crippen LogP contribution in [0.25, 0.3) is 6.08 Å². The monoisotopic (exact) mass is 508 g/mol. The summed E-state index contributed by atoms with van der Waals surface area (Å²) in [4.78, 5) is 20.7. The Morgan fingerprint density at radius 1 is 1.00 bits per heavy atom. The quantitative estimate of drug-likeness (QED) is 0.352. The van der Waals surface area contributed by atoms with Gasteiger partial charge in [-0.3, -0.25) is 10.1 Å². The van der Waals surface area contributed by atoms with E-state index >= 15 is 0 Å². The van der Waals surface area contributed by atoms with E-state index in [1.54, 1.807) is 38.1 Å². The Morgan fingerprint density at radius 2 is 1.60 bits per heavy atom. The Labute approximate surface area is 211 Å². The van der Waals surface area contributed by atoms with Gasteiger partial charge in [-0.15, -0.1) is 0 Å². The summed E-state index contributed by atoms with van der Waals surface area (Å²) >= 11 is 5.19. The number of rotatable bonds is 7. The number of anilines is 1. The number of hydrogen-bond acceptors (Lipinski definition) is 6. The summed E-state index contributed by atoms with van der Waals surface area (Å²) in [6, 6.07) is 15.9. The van der Waals surface area contributed by atoms with Crippen molar-refractivity contribution in [2.45, 2.75) is 44.3 Å². The fraction of sp³-hybridized carbons (Fsp3) is 0.231. The van der Waals surface area contributed by atoms with Gasteiger partial charge in [0.05, 0.1) is 4.90 Å². The summed E-state index contributed by atoms with van der Waals surface area (Å²) in [6.45, 7) is 7.85. The first-order valence-electron chi connectivity index (χ1n) is 11.1. The zero-order valence-corrected chi connectivity index (χ0v) is 21.7. The van der Waals surface area contributed by atoms with Crippen LogP contribution in [-0.2, 0) is 20.4 Å². The fourth-order valence-electron chi connectivity index (χ4n) is 3.34. The van der Waals surface area contributed by atoms with E-state index < -0.39 is 9.84 Å². The van der Waals surface area contributed by atoms with Gasteiger partial charge in [-0.05, 0) is 79.5 Å². The molecule has 2 aromatic carbocycles. The Hall–Kier alpha value is -3.43. The third-order valence-electron chi connectivity index (χ3n) is 5.09. The van der Waals surface area contributed by atoms with E-state index in [0.717, 1.165) is 17.0 Å². The lowest BCUT2D eigenvalue weighted by molar-refractivity contribution is -0.115. The Bertz CT molecular complexity index is 1330. The molecule has 1 heterocycles. The molecule has 35 heavy (non-hydrogen) atoms. The molecule has 2 N–H and O–H groups in total. The second kappa shape index (κ2) is 11.3. The summed E-state index contributed by atoms with van der Waals surface area (Å²) in [6.07, 6.45) is 3.12. The van der Waals surface area contributed by atoms with E-state index in [0.29, 0.717) is 11.6 Å². The molecule has 0 aliphatic heterocycles. The number of amides is 1. The van der Waals surface area contributed by atoms with Crippen LogP contribution in [0, 0.1) is 13.8 Å². The lowest BCUT2D eigenvalue weighted by Gasteiger charge is -2.10. The Balaban J connectivity index is 1.56. The first kappa shape index (κ1) is 26.2. The van der Waals surface area contributed by atoms with Crippen molar-refractivity contribution in [2.24, 2.45) is 0 Å². The van der Waals surface area contributed by atoms with Gasteiger partial charge in [-0.25, -0.2) is 18.4 Å². The summed E-state index contributed by atoms with van der Waals surface area (Å²) < 4.78 is 25.5. The molecule has 9 heteroatoms. The minimum atomic E-state index is -3.62. The lowest BCUT2D eigenvalue weighted by Crippen LogP contribution is -2.32. The molecule has 3 rings (SSSR count). The highest BCUT2D eigenvalue weighted by Gasteiger charge is 2.18. The fourth-order valence-corrected chi connectivity index (χ4v) is 4.75. The van der Waals surface area contributed by atoms with E-state index in [1.165, 1.54) is 23.8 Å². The van der Waals surface area contributed by atoms with Gasteiger partial charge < -0.3 is 5.32 Å². The van der Waals surface area contributed by atoms with Crippen LogP contribution >= 0.6 is 12.2 Å². The van der Waals surface area contributed by atoms with E-state index in [4.69, 9.17) is 12.2 Å². The Morgan fingerprint density at radius 3 is 2.17 bits per heavy atom. The van der Waals surface area contributed by atoms with Crippen molar-refractivity contribution in [2.75, 3.05) is 5.32 Å². The van der Waals surface area contributed by atoms with E-state index in [1.807, 2.05) is 24.3 Å². The first-order valence-corrected chi connectivity index (χ1v) is 13.1. The van der Waals surface area contributed by atoms with Crippen molar-refractivity contribution < 1.29 is 13.2 Å². The smallest absolute Gasteiger partial charge is 0.250 e. The van der Waals surface area contributed by atoms with Crippen LogP contribution in [0.2, 0.25) is 0 Å². The topological polar surface area (TPSA) is 101 Å². The van der Waals surface area contributed by atoms with Gasteiger partial charge in [-0.2, -0.15) is 0 Å². The number of nitrogens with zero attached hydrogens (tertiary/aromatic N) is 2. The minimum Gasteiger partial charge on any atom is -0.332 e. The number of carbonyl (C=O) groups is 1. The van der Waals surface area contributed by atoms with E-state index in [-0.39, 0.29) is 27.5 Å². The van der Waals surface area contributed by atoms with Crippen molar-refractivity contribution in [3.8, 4) is 0 Å². The second-order valence-corrected chi connectivity index (χ2v) is 10.8. The molecule has 182 valence electrons. The van der Waals surface area contributed by atoms with Crippen molar-refractivity contribution >= 4 is 44.8 Å². The third-order valence-corrected chi connectivity index (χ3v) is 6.92. The molecular formula is C26H28N4O3S2. The van der Waals surface area contributed by atoms with E-state index in [9.17, 15) is 13.2 Å². The predicted octanol–water partition coefficient (Wildman–Crippen LogP) is 4.72. The highest BCUT2D eigenvalue weighted by atomic mass is 32.2. The second-order valence-electron chi connectivity index (χ2n) is 8.45. The van der Waals surface area contributed by atoms with E-state index in [2.05, 4.69) is 34.4 Å². The number of benzene rings is 2. The van der Waals surface area contributed by atoms with Crippen LogP contribution in [-0.4, -0.2) is 29.4 Å². The van der Waals surface area contributed by atoms with Crippen LogP contribution in [0.5, 0.6) is 0 Å². The molecule has 0 atom stereocenters. The van der Waals surface area contributed by atoms with Crippen LogP contribution in [0.3, 0.4) is 0 Å². The zero-order valence-electron chi connectivity index (χ0n) is 20.1. The van der Waals surface area contributed by atoms with Crippen molar-refractivity contribution in [1.82, 2.24) is 15.3 Å². The highest BCUT2D eigenvalue weighted by molar-refractivity contribution is 7.90. The first-order chi connectivity index (χ1) is 16.5. The number of sulfone groups is 1. The van der Waals surface area contributed by atoms with Gasteiger partial charge in [-0.1, -0.05) is 38.1 Å². The molecule has 0 bridgehead atoms. The Kier molecular flexibility index (Phi) is 8.48. The number of aryl methyl sites for hydroxylation is 2. The van der Waals surface area contributed by atoms with Gasteiger partial charge in [0.2, 0.25) is 5.91 Å². The normalized spacial score (nSPS) is 11.6. The molecule has 0 aliphatic carbocycles. The number of carbonyl (C=O) groups excluding carboxylic acids is 1. The van der Waals surface area contributed by atoms with Crippen molar-refractivity contribution in [3.63, 3.8) is 0 Å². The van der Waals surface area contributed by atoms with Crippen LogP contribution in [0.1, 0.15) is 48.1 Å². The van der Waals surface area contributed by atoms with Gasteiger partial charge in [0, 0.05) is 23.2 Å². The molecule has 7 nitrogen and oxygen atoms in total. The third kappa shape index (κ3) is 7.80. The average molecular weight is 509 g/mol. The molecule has 0 radical (unpaired) electrons. The van der Waals surface area contributed by atoms with Crippen molar-refractivity contribution in [3.05, 3.63) is 89.0 Å². The molecule has 0 fully saturated rings. The standard InChI is InChI=1S/C26H28N4O3S2/c1-17(2)21-8-5-20(6-9-21)7-14-25(31)30-26(34)29-22-10-12-23(13-11-22)35(32,33)16-24-27-18(3)15-19(4)28-24/h5-15,17H,16H2,1-4H3,(H2,29,30,31,34)/b14-7+. The summed E-state index contributed by atoms with van der Waals surface area (Å²) in [5.74, 6) is 0.0458. The van der Waals surface area contributed by atoms with Gasteiger partial charge >= 0.3 is 0 Å². The molecular weight excluding hydrogens is 480 g/mol. The molecule has 1 amide bonds. The summed E-state index contributed by atoms with van der Waals surface area (Å²) in [5.41, 5.74) is 4.12. The molecule has 0 unspecified atom stereocenters. The summed E-state index contributed by atoms with van der Waals surface area (Å²) in [5, 5.41) is 5.56. The van der Waals surface area contributed by atoms with Crippen molar-refractivity contribution in [1.29, 1.82) is 0 Å². The van der Waals surface area contributed by atoms with Gasteiger partial charge in [0.1, 0.15) is 11.6 Å². The van der Waals surface area contributed by atoms with Crippen LogP contribution in [0.15, 0.2) is 65.6 Å². The SMILES string of the molecule is Cc1cc(C)nc(CS(=O)(=O)c2ccc(NC(=S)NC(=O)/C=C/c3ccc(C(C)C)cc3)cc2)n1. The largest absolute Gasteiger partial charge is 0.332 e. The maximum Gasteiger partial charge on any atom is 0.250 e.